The second kappa shape index (κ2) is 8.43. The Morgan fingerprint density at radius 2 is 1.76 bits per heavy atom. The standard InChI is InChI=1S/C27H26N6O/c28-20-7-9-21(10-8-20)30-27(34)25-22-13-17(6-11-23(22)32-33-25)19-12-18-14-24(31-26(18)29-15-19)16-4-2-1-3-5-16/h1-6,11-15,20-21H,7-10,28H2,(H,29,31)(H,30,34)(H,32,33). The van der Waals surface area contributed by atoms with Crippen molar-refractivity contribution in [1.82, 2.24) is 25.5 Å². The molecule has 0 spiro atoms. The van der Waals surface area contributed by atoms with E-state index in [0.29, 0.717) is 5.69 Å². The van der Waals surface area contributed by atoms with Gasteiger partial charge in [-0.2, -0.15) is 5.10 Å². The van der Waals surface area contributed by atoms with Gasteiger partial charge in [0.25, 0.3) is 5.91 Å². The molecule has 34 heavy (non-hydrogen) atoms. The maximum absolute atomic E-state index is 13.0. The highest BCUT2D eigenvalue weighted by Crippen LogP contribution is 2.29. The van der Waals surface area contributed by atoms with E-state index in [0.717, 1.165) is 70.0 Å². The molecule has 0 unspecified atom stereocenters. The Hall–Kier alpha value is -3.97. The van der Waals surface area contributed by atoms with Gasteiger partial charge in [-0.1, -0.05) is 36.4 Å². The summed E-state index contributed by atoms with van der Waals surface area (Å²) in [5.74, 6) is -0.143. The summed E-state index contributed by atoms with van der Waals surface area (Å²) in [6, 6.07) is 20.9. The van der Waals surface area contributed by atoms with Crippen LogP contribution in [0.15, 0.2) is 66.9 Å². The summed E-state index contributed by atoms with van der Waals surface area (Å²) in [7, 11) is 0. The smallest absolute Gasteiger partial charge is 0.272 e. The van der Waals surface area contributed by atoms with Gasteiger partial charge in [-0.05, 0) is 61.1 Å². The van der Waals surface area contributed by atoms with Gasteiger partial charge in [-0.25, -0.2) is 4.98 Å². The Kier molecular flexibility index (Phi) is 5.11. The first-order valence-electron chi connectivity index (χ1n) is 11.7. The number of rotatable bonds is 4. The van der Waals surface area contributed by atoms with Gasteiger partial charge in [0.1, 0.15) is 5.65 Å². The zero-order valence-corrected chi connectivity index (χ0v) is 18.7. The summed E-state index contributed by atoms with van der Waals surface area (Å²) in [4.78, 5) is 21.0. The molecule has 170 valence electrons. The maximum atomic E-state index is 13.0. The minimum absolute atomic E-state index is 0.143. The molecule has 1 aliphatic carbocycles. The topological polar surface area (TPSA) is 112 Å². The van der Waals surface area contributed by atoms with E-state index in [1.54, 1.807) is 0 Å². The molecule has 0 aliphatic heterocycles. The van der Waals surface area contributed by atoms with Crippen LogP contribution in [-0.2, 0) is 0 Å². The molecule has 1 amide bonds. The average Bonchev–Trinajstić information content (AvgIpc) is 3.49. The van der Waals surface area contributed by atoms with Crippen molar-refractivity contribution in [1.29, 1.82) is 0 Å². The van der Waals surface area contributed by atoms with Gasteiger partial charge < -0.3 is 16.0 Å². The molecular formula is C27H26N6O. The van der Waals surface area contributed by atoms with Crippen molar-refractivity contribution >= 4 is 27.8 Å². The van der Waals surface area contributed by atoms with Crippen molar-refractivity contribution < 1.29 is 4.79 Å². The van der Waals surface area contributed by atoms with Crippen molar-refractivity contribution in [2.75, 3.05) is 0 Å². The molecule has 1 fully saturated rings. The van der Waals surface area contributed by atoms with Crippen LogP contribution >= 0.6 is 0 Å². The fourth-order valence-corrected chi connectivity index (χ4v) is 4.83. The summed E-state index contributed by atoms with van der Waals surface area (Å²) >= 11 is 0. The Balaban J connectivity index is 1.30. The van der Waals surface area contributed by atoms with E-state index in [1.807, 2.05) is 42.6 Å². The molecule has 0 saturated heterocycles. The van der Waals surface area contributed by atoms with Crippen molar-refractivity contribution in [3.8, 4) is 22.4 Å². The molecule has 0 atom stereocenters. The predicted octanol–water partition coefficient (Wildman–Crippen LogP) is 4.77. The van der Waals surface area contributed by atoms with Crippen LogP contribution in [0.25, 0.3) is 44.3 Å². The fraction of sp³-hybridized carbons (Fsp3) is 0.222. The molecule has 7 nitrogen and oxygen atoms in total. The molecule has 1 aliphatic rings. The zero-order chi connectivity index (χ0) is 23.1. The first-order valence-corrected chi connectivity index (χ1v) is 11.7. The number of benzene rings is 2. The highest BCUT2D eigenvalue weighted by atomic mass is 16.2. The monoisotopic (exact) mass is 450 g/mol. The third-order valence-corrected chi connectivity index (χ3v) is 6.77. The minimum atomic E-state index is -0.143. The molecule has 7 heteroatoms. The Bertz CT molecular complexity index is 1480. The van der Waals surface area contributed by atoms with E-state index in [2.05, 4.69) is 49.7 Å². The van der Waals surface area contributed by atoms with E-state index >= 15 is 0 Å². The van der Waals surface area contributed by atoms with Crippen LogP contribution in [-0.4, -0.2) is 38.2 Å². The SMILES string of the molecule is NC1CCC(NC(=O)c2n[nH]c3ccc(-c4cnc5[nH]c(-c6ccccc6)cc5c4)cc23)CC1. The normalized spacial score (nSPS) is 18.4. The molecule has 0 bridgehead atoms. The number of nitrogens with one attached hydrogen (secondary N) is 3. The summed E-state index contributed by atoms with van der Waals surface area (Å²) in [6.45, 7) is 0. The number of fused-ring (bicyclic) bond motifs is 2. The average molecular weight is 451 g/mol. The van der Waals surface area contributed by atoms with Crippen molar-refractivity contribution in [2.45, 2.75) is 37.8 Å². The number of nitrogens with zero attached hydrogens (tertiary/aromatic N) is 2. The summed E-state index contributed by atoms with van der Waals surface area (Å²) in [5, 5.41) is 12.3. The van der Waals surface area contributed by atoms with Crippen LogP contribution in [0.2, 0.25) is 0 Å². The lowest BCUT2D eigenvalue weighted by atomic mass is 9.92. The van der Waals surface area contributed by atoms with Crippen LogP contribution in [0, 0.1) is 0 Å². The van der Waals surface area contributed by atoms with Crippen LogP contribution < -0.4 is 11.1 Å². The van der Waals surface area contributed by atoms with E-state index in [-0.39, 0.29) is 18.0 Å². The fourth-order valence-electron chi connectivity index (χ4n) is 4.83. The molecule has 5 aromatic rings. The Labute approximate surface area is 196 Å². The van der Waals surface area contributed by atoms with Gasteiger partial charge in [0.15, 0.2) is 5.69 Å². The molecule has 1 saturated carbocycles. The van der Waals surface area contributed by atoms with Crippen molar-refractivity contribution in [2.24, 2.45) is 5.73 Å². The van der Waals surface area contributed by atoms with Gasteiger partial charge in [0, 0.05) is 40.3 Å². The Morgan fingerprint density at radius 1 is 0.941 bits per heavy atom. The number of pyridine rings is 1. The molecule has 3 heterocycles. The third kappa shape index (κ3) is 3.84. The first-order chi connectivity index (χ1) is 16.6. The number of hydrogen-bond acceptors (Lipinski definition) is 4. The van der Waals surface area contributed by atoms with Gasteiger partial charge in [0.05, 0.1) is 5.52 Å². The van der Waals surface area contributed by atoms with Crippen molar-refractivity contribution in [3.05, 3.63) is 72.6 Å². The zero-order valence-electron chi connectivity index (χ0n) is 18.7. The van der Waals surface area contributed by atoms with Crippen molar-refractivity contribution in [3.63, 3.8) is 0 Å². The van der Waals surface area contributed by atoms with Gasteiger partial charge in [0.2, 0.25) is 0 Å². The lowest BCUT2D eigenvalue weighted by molar-refractivity contribution is 0.0922. The first kappa shape index (κ1) is 20.6. The summed E-state index contributed by atoms with van der Waals surface area (Å²) in [6.07, 6.45) is 5.57. The van der Waals surface area contributed by atoms with E-state index < -0.39 is 0 Å². The molecule has 0 radical (unpaired) electrons. The third-order valence-electron chi connectivity index (χ3n) is 6.77. The molecule has 5 N–H and O–H groups in total. The molecule has 6 rings (SSSR count). The molecule has 3 aromatic heterocycles. The maximum Gasteiger partial charge on any atom is 0.272 e. The summed E-state index contributed by atoms with van der Waals surface area (Å²) in [5.41, 5.74) is 12.2. The number of carbonyl (C=O) groups excluding carboxylic acids is 1. The number of aromatic amines is 2. The van der Waals surface area contributed by atoms with Crippen LogP contribution in [0.1, 0.15) is 36.2 Å². The second-order valence-electron chi connectivity index (χ2n) is 9.13. The number of hydrogen-bond donors (Lipinski definition) is 4. The number of H-pyrrole nitrogens is 2. The van der Waals surface area contributed by atoms with Crippen LogP contribution in [0.3, 0.4) is 0 Å². The van der Waals surface area contributed by atoms with Crippen LogP contribution in [0.5, 0.6) is 0 Å². The van der Waals surface area contributed by atoms with E-state index in [1.165, 1.54) is 0 Å². The number of carbonyl (C=O) groups is 1. The number of aromatic nitrogens is 4. The number of nitrogens with two attached hydrogens (primary N) is 1. The van der Waals surface area contributed by atoms with Gasteiger partial charge in [-0.3, -0.25) is 9.89 Å². The lowest BCUT2D eigenvalue weighted by Gasteiger charge is -2.26. The van der Waals surface area contributed by atoms with E-state index in [4.69, 9.17) is 5.73 Å². The second-order valence-corrected chi connectivity index (χ2v) is 9.13. The van der Waals surface area contributed by atoms with E-state index in [9.17, 15) is 4.79 Å². The molecule has 2 aromatic carbocycles. The minimum Gasteiger partial charge on any atom is -0.348 e. The predicted molar refractivity (Wildman–Crippen MR) is 134 cm³/mol. The highest BCUT2D eigenvalue weighted by Gasteiger charge is 2.23. The summed E-state index contributed by atoms with van der Waals surface area (Å²) < 4.78 is 0. The highest BCUT2D eigenvalue weighted by molar-refractivity contribution is 6.06. The lowest BCUT2D eigenvalue weighted by Crippen LogP contribution is -2.40. The molecular weight excluding hydrogens is 424 g/mol. The largest absolute Gasteiger partial charge is 0.348 e. The Morgan fingerprint density at radius 3 is 2.59 bits per heavy atom. The van der Waals surface area contributed by atoms with Gasteiger partial charge in [-0.15, -0.1) is 0 Å². The van der Waals surface area contributed by atoms with Crippen LogP contribution in [0.4, 0.5) is 0 Å². The van der Waals surface area contributed by atoms with Gasteiger partial charge >= 0.3 is 0 Å². The quantitative estimate of drug-likeness (QED) is 0.316. The number of amides is 1.